The van der Waals surface area contributed by atoms with Crippen LogP contribution in [-0.2, 0) is 11.3 Å². The number of fused-ring (bicyclic) bond motifs is 1. The first kappa shape index (κ1) is 12.6. The summed E-state index contributed by atoms with van der Waals surface area (Å²) in [4.78, 5) is 16.4. The summed E-state index contributed by atoms with van der Waals surface area (Å²) in [6, 6.07) is 1.99. The van der Waals surface area contributed by atoms with Gasteiger partial charge in [0.05, 0.1) is 6.04 Å². The maximum atomic E-state index is 12.3. The van der Waals surface area contributed by atoms with E-state index in [1.54, 1.807) is 6.20 Å². The molecule has 19 heavy (non-hydrogen) atoms. The Morgan fingerprint density at radius 2 is 2.42 bits per heavy atom. The molecule has 1 aromatic heterocycles. The second-order valence-electron chi connectivity index (χ2n) is 5.76. The monoisotopic (exact) mass is 259 g/mol. The minimum Gasteiger partial charge on any atom is -0.351 e. The Morgan fingerprint density at radius 1 is 1.53 bits per heavy atom. The predicted octanol–water partition coefficient (Wildman–Crippen LogP) is 1.39. The summed E-state index contributed by atoms with van der Waals surface area (Å²) < 4.78 is 0. The highest BCUT2D eigenvalue weighted by Gasteiger charge is 2.42. The Bertz CT molecular complexity index is 474. The van der Waals surface area contributed by atoms with Gasteiger partial charge in [-0.3, -0.25) is 9.78 Å². The van der Waals surface area contributed by atoms with Crippen LogP contribution in [0.1, 0.15) is 30.4 Å². The maximum absolute atomic E-state index is 12.3. The maximum Gasteiger partial charge on any atom is 0.237 e. The molecule has 2 N–H and O–H groups in total. The minimum atomic E-state index is 0.0180. The summed E-state index contributed by atoms with van der Waals surface area (Å²) >= 11 is 0. The molecule has 1 saturated carbocycles. The molecular weight excluding hydrogens is 238 g/mol. The number of carbonyl (C=O) groups excluding carboxylic acids is 1. The number of hydrogen-bond donors (Lipinski definition) is 2. The molecule has 3 unspecified atom stereocenters. The molecule has 0 bridgehead atoms. The summed E-state index contributed by atoms with van der Waals surface area (Å²) in [7, 11) is 0. The molecule has 1 saturated heterocycles. The Hall–Kier alpha value is -1.42. The van der Waals surface area contributed by atoms with Gasteiger partial charge in [-0.15, -0.1) is 0 Å². The second kappa shape index (κ2) is 5.29. The van der Waals surface area contributed by atoms with E-state index in [9.17, 15) is 4.79 Å². The van der Waals surface area contributed by atoms with Gasteiger partial charge < -0.3 is 10.6 Å². The normalized spacial score (nSPS) is 29.2. The van der Waals surface area contributed by atoms with E-state index in [0.29, 0.717) is 12.5 Å². The summed E-state index contributed by atoms with van der Waals surface area (Å²) in [6.45, 7) is 3.63. The van der Waals surface area contributed by atoms with Gasteiger partial charge in [0, 0.05) is 18.9 Å². The van der Waals surface area contributed by atoms with Gasteiger partial charge >= 0.3 is 0 Å². The third-order valence-corrected chi connectivity index (χ3v) is 4.63. The Kier molecular flexibility index (Phi) is 3.51. The van der Waals surface area contributed by atoms with E-state index in [1.807, 2.05) is 19.2 Å². The van der Waals surface area contributed by atoms with Crippen molar-refractivity contribution in [1.82, 2.24) is 15.6 Å². The summed E-state index contributed by atoms with van der Waals surface area (Å²) in [5.74, 6) is 1.42. The lowest BCUT2D eigenvalue weighted by molar-refractivity contribution is -0.123. The van der Waals surface area contributed by atoms with Gasteiger partial charge in [0.25, 0.3) is 0 Å². The molecular formula is C15H21N3O. The van der Waals surface area contributed by atoms with Gasteiger partial charge in [-0.1, -0.05) is 6.42 Å². The van der Waals surface area contributed by atoms with Crippen LogP contribution in [0.3, 0.4) is 0 Å². The molecule has 3 rings (SSSR count). The number of nitrogens with zero attached hydrogens (tertiary/aromatic N) is 1. The lowest BCUT2D eigenvalue weighted by Gasteiger charge is -2.18. The molecule has 4 nitrogen and oxygen atoms in total. The van der Waals surface area contributed by atoms with E-state index >= 15 is 0 Å². The fourth-order valence-corrected chi connectivity index (χ4v) is 3.45. The van der Waals surface area contributed by atoms with E-state index in [-0.39, 0.29) is 11.9 Å². The van der Waals surface area contributed by atoms with Crippen LogP contribution in [-0.4, -0.2) is 23.5 Å². The van der Waals surface area contributed by atoms with Crippen molar-refractivity contribution in [1.29, 1.82) is 0 Å². The van der Waals surface area contributed by atoms with Crippen molar-refractivity contribution in [2.45, 2.75) is 38.8 Å². The first-order valence-corrected chi connectivity index (χ1v) is 7.16. The summed E-state index contributed by atoms with van der Waals surface area (Å²) in [5.41, 5.74) is 2.27. The largest absolute Gasteiger partial charge is 0.351 e. The second-order valence-corrected chi connectivity index (χ2v) is 5.76. The molecule has 0 spiro atoms. The zero-order valence-corrected chi connectivity index (χ0v) is 11.4. The van der Waals surface area contributed by atoms with Gasteiger partial charge in [-0.25, -0.2) is 0 Å². The van der Waals surface area contributed by atoms with Crippen LogP contribution in [0, 0.1) is 18.8 Å². The molecule has 2 aliphatic rings. The van der Waals surface area contributed by atoms with Crippen molar-refractivity contribution in [3.8, 4) is 0 Å². The van der Waals surface area contributed by atoms with Crippen LogP contribution in [0.5, 0.6) is 0 Å². The zero-order valence-electron chi connectivity index (χ0n) is 11.4. The number of nitrogens with one attached hydrogen (secondary N) is 2. The van der Waals surface area contributed by atoms with Crippen molar-refractivity contribution in [2.75, 3.05) is 6.54 Å². The topological polar surface area (TPSA) is 54.0 Å². The van der Waals surface area contributed by atoms with Gasteiger partial charge in [-0.05, 0) is 55.3 Å². The minimum absolute atomic E-state index is 0.0180. The fourth-order valence-electron chi connectivity index (χ4n) is 3.45. The molecule has 3 atom stereocenters. The average molecular weight is 259 g/mol. The predicted molar refractivity (Wildman–Crippen MR) is 73.4 cm³/mol. The molecule has 0 aromatic carbocycles. The quantitative estimate of drug-likeness (QED) is 0.862. The number of rotatable bonds is 3. The van der Waals surface area contributed by atoms with Gasteiger partial charge in [0.15, 0.2) is 0 Å². The number of carbonyl (C=O) groups is 1. The molecule has 1 aliphatic heterocycles. The van der Waals surface area contributed by atoms with Gasteiger partial charge in [0.1, 0.15) is 0 Å². The molecule has 1 aliphatic carbocycles. The first-order chi connectivity index (χ1) is 9.25. The Morgan fingerprint density at radius 3 is 3.26 bits per heavy atom. The van der Waals surface area contributed by atoms with E-state index in [1.165, 1.54) is 24.8 Å². The van der Waals surface area contributed by atoms with Crippen LogP contribution in [0.4, 0.5) is 0 Å². The highest BCUT2D eigenvalue weighted by atomic mass is 16.2. The van der Waals surface area contributed by atoms with Crippen LogP contribution < -0.4 is 10.6 Å². The third kappa shape index (κ3) is 2.50. The smallest absolute Gasteiger partial charge is 0.237 e. The van der Waals surface area contributed by atoms with E-state index in [0.717, 1.165) is 18.0 Å². The number of aromatic nitrogens is 1. The molecule has 2 heterocycles. The molecule has 1 aromatic rings. The zero-order chi connectivity index (χ0) is 13.2. The summed E-state index contributed by atoms with van der Waals surface area (Å²) in [6.07, 6.45) is 7.37. The molecule has 0 radical (unpaired) electrons. The lowest BCUT2D eigenvalue weighted by atomic mass is 9.93. The van der Waals surface area contributed by atoms with E-state index in [2.05, 4.69) is 15.6 Å². The highest BCUT2D eigenvalue weighted by Crippen LogP contribution is 2.37. The third-order valence-electron chi connectivity index (χ3n) is 4.63. The van der Waals surface area contributed by atoms with Gasteiger partial charge in [-0.2, -0.15) is 0 Å². The Labute approximate surface area is 114 Å². The number of hydrogen-bond acceptors (Lipinski definition) is 3. The number of aryl methyl sites for hydroxylation is 1. The van der Waals surface area contributed by atoms with Crippen molar-refractivity contribution >= 4 is 5.91 Å². The summed E-state index contributed by atoms with van der Waals surface area (Å²) in [5, 5.41) is 6.43. The van der Waals surface area contributed by atoms with Crippen molar-refractivity contribution in [2.24, 2.45) is 11.8 Å². The van der Waals surface area contributed by atoms with Crippen LogP contribution >= 0.6 is 0 Å². The SMILES string of the molecule is Cc1ccncc1CNC(=O)C1NCC2CCCC21. The highest BCUT2D eigenvalue weighted by molar-refractivity contribution is 5.82. The molecule has 102 valence electrons. The first-order valence-electron chi connectivity index (χ1n) is 7.16. The molecule has 2 fully saturated rings. The standard InChI is InChI=1S/C15H21N3O/c1-10-5-6-16-7-12(10)9-18-15(19)14-13-4-2-3-11(13)8-17-14/h5-7,11,13-14,17H,2-4,8-9H2,1H3,(H,18,19). The number of amides is 1. The van der Waals surface area contributed by atoms with Crippen LogP contribution in [0.15, 0.2) is 18.5 Å². The number of pyridine rings is 1. The van der Waals surface area contributed by atoms with Crippen molar-refractivity contribution in [3.63, 3.8) is 0 Å². The molecule has 1 amide bonds. The van der Waals surface area contributed by atoms with Crippen molar-refractivity contribution < 1.29 is 4.79 Å². The van der Waals surface area contributed by atoms with Crippen molar-refractivity contribution in [3.05, 3.63) is 29.6 Å². The fraction of sp³-hybridized carbons (Fsp3) is 0.600. The molecule has 4 heteroatoms. The Balaban J connectivity index is 1.58. The van der Waals surface area contributed by atoms with Crippen LogP contribution in [0.25, 0.3) is 0 Å². The van der Waals surface area contributed by atoms with E-state index < -0.39 is 0 Å². The average Bonchev–Trinajstić information content (AvgIpc) is 2.99. The van der Waals surface area contributed by atoms with Crippen LogP contribution in [0.2, 0.25) is 0 Å². The van der Waals surface area contributed by atoms with E-state index in [4.69, 9.17) is 0 Å². The van der Waals surface area contributed by atoms with Gasteiger partial charge in [0.2, 0.25) is 5.91 Å². The lowest BCUT2D eigenvalue weighted by Crippen LogP contribution is -2.43.